The van der Waals surface area contributed by atoms with Crippen LogP contribution in [0.4, 0.5) is 18.0 Å². The molecule has 0 bridgehead atoms. The molecule has 8 heteroatoms. The Kier molecular flexibility index (Phi) is 6.77. The van der Waals surface area contributed by atoms with Gasteiger partial charge < -0.3 is 19.7 Å². The monoisotopic (exact) mass is 396 g/mol. The highest BCUT2D eigenvalue weighted by molar-refractivity contribution is 5.74. The van der Waals surface area contributed by atoms with E-state index >= 15 is 0 Å². The molecule has 2 amide bonds. The number of amides is 2. The molecule has 0 heterocycles. The molecule has 2 aromatic rings. The Morgan fingerprint density at radius 3 is 2.29 bits per heavy atom. The first-order chi connectivity index (χ1) is 13.2. The van der Waals surface area contributed by atoms with Crippen LogP contribution < -0.4 is 14.8 Å². The number of carbonyl (C=O) groups is 1. The van der Waals surface area contributed by atoms with Crippen LogP contribution in [0.1, 0.15) is 29.7 Å². The maximum atomic E-state index is 12.6. The largest absolute Gasteiger partial charge is 0.497 e. The van der Waals surface area contributed by atoms with Crippen molar-refractivity contribution in [3.63, 3.8) is 0 Å². The topological polar surface area (TPSA) is 50.8 Å². The maximum absolute atomic E-state index is 12.6. The third-order valence-electron chi connectivity index (χ3n) is 4.29. The summed E-state index contributed by atoms with van der Waals surface area (Å²) in [5.41, 5.74) is 0.623. The van der Waals surface area contributed by atoms with Crippen molar-refractivity contribution >= 4 is 6.03 Å². The average molecular weight is 396 g/mol. The Hall–Kier alpha value is -2.90. The van der Waals surface area contributed by atoms with Crippen LogP contribution in [0.3, 0.4) is 0 Å². The van der Waals surface area contributed by atoms with E-state index in [1.54, 1.807) is 39.3 Å². The van der Waals surface area contributed by atoms with Crippen molar-refractivity contribution in [3.05, 3.63) is 59.2 Å². The Morgan fingerprint density at radius 2 is 1.75 bits per heavy atom. The summed E-state index contributed by atoms with van der Waals surface area (Å²) in [5, 5.41) is 2.85. The summed E-state index contributed by atoms with van der Waals surface area (Å²) in [6.07, 6.45) is -4.38. The van der Waals surface area contributed by atoms with Crippen LogP contribution in [-0.2, 0) is 12.7 Å². The van der Waals surface area contributed by atoms with Gasteiger partial charge in [-0.3, -0.25) is 0 Å². The van der Waals surface area contributed by atoms with Crippen LogP contribution in [-0.4, -0.2) is 32.2 Å². The van der Waals surface area contributed by atoms with Gasteiger partial charge in [-0.15, -0.1) is 0 Å². The minimum Gasteiger partial charge on any atom is -0.497 e. The van der Waals surface area contributed by atoms with Crippen LogP contribution >= 0.6 is 0 Å². The van der Waals surface area contributed by atoms with E-state index in [-0.39, 0.29) is 18.6 Å². The number of urea groups is 1. The molecule has 0 saturated heterocycles. The smallest absolute Gasteiger partial charge is 0.416 e. The molecule has 2 rings (SSSR count). The minimum absolute atomic E-state index is 0.173. The van der Waals surface area contributed by atoms with E-state index in [1.165, 1.54) is 24.1 Å². The molecule has 1 unspecified atom stereocenters. The van der Waals surface area contributed by atoms with Crippen LogP contribution in [0.2, 0.25) is 0 Å². The van der Waals surface area contributed by atoms with Crippen molar-refractivity contribution in [2.24, 2.45) is 0 Å². The fraction of sp³-hybridized carbons (Fsp3) is 0.350. The molecule has 28 heavy (non-hydrogen) atoms. The number of hydrogen-bond donors (Lipinski definition) is 1. The number of hydrogen-bond acceptors (Lipinski definition) is 3. The summed E-state index contributed by atoms with van der Waals surface area (Å²) in [6, 6.07) is 9.29. The number of carbonyl (C=O) groups excluding carboxylic acids is 1. The van der Waals surface area contributed by atoms with Crippen LogP contribution in [0.25, 0.3) is 0 Å². The number of rotatable bonds is 6. The van der Waals surface area contributed by atoms with Gasteiger partial charge in [-0.25, -0.2) is 4.79 Å². The third-order valence-corrected chi connectivity index (χ3v) is 4.29. The number of methoxy groups -OCH3 is 2. The molecule has 0 aliphatic heterocycles. The normalized spacial score (nSPS) is 12.2. The van der Waals surface area contributed by atoms with Crippen molar-refractivity contribution < 1.29 is 27.4 Å². The lowest BCUT2D eigenvalue weighted by atomic mass is 10.1. The molecule has 1 atom stereocenters. The Balaban J connectivity index is 2.04. The van der Waals surface area contributed by atoms with Crippen LogP contribution in [0.15, 0.2) is 42.5 Å². The standard InChI is InChI=1S/C20H23F3N2O3/c1-13(17-11-16(27-3)9-10-18(17)28-4)24-19(26)25(2)12-14-5-7-15(8-6-14)20(21,22)23/h5-11,13H,12H2,1-4H3,(H,24,26). The Morgan fingerprint density at radius 1 is 1.11 bits per heavy atom. The lowest BCUT2D eigenvalue weighted by Gasteiger charge is -2.23. The van der Waals surface area contributed by atoms with Crippen LogP contribution in [0.5, 0.6) is 11.5 Å². The van der Waals surface area contributed by atoms with Gasteiger partial charge in [0.1, 0.15) is 11.5 Å². The maximum Gasteiger partial charge on any atom is 0.416 e. The number of nitrogens with one attached hydrogen (secondary N) is 1. The lowest BCUT2D eigenvalue weighted by Crippen LogP contribution is -2.38. The number of halogens is 3. The molecular formula is C20H23F3N2O3. The quantitative estimate of drug-likeness (QED) is 0.775. The second kappa shape index (κ2) is 8.86. The molecule has 1 N–H and O–H groups in total. The number of nitrogens with zero attached hydrogens (tertiary/aromatic N) is 1. The van der Waals surface area contributed by atoms with Gasteiger partial charge in [0.05, 0.1) is 25.8 Å². The van der Waals surface area contributed by atoms with Crippen LogP contribution in [0, 0.1) is 0 Å². The zero-order chi connectivity index (χ0) is 20.9. The molecule has 0 radical (unpaired) electrons. The van der Waals surface area contributed by atoms with Gasteiger partial charge in [0, 0.05) is 19.2 Å². The van der Waals surface area contributed by atoms with Gasteiger partial charge in [0.15, 0.2) is 0 Å². The molecule has 0 spiro atoms. The van der Waals surface area contributed by atoms with Gasteiger partial charge >= 0.3 is 12.2 Å². The number of alkyl halides is 3. The van der Waals surface area contributed by atoms with Crippen molar-refractivity contribution in [2.75, 3.05) is 21.3 Å². The van der Waals surface area contributed by atoms with E-state index in [9.17, 15) is 18.0 Å². The Bertz CT molecular complexity index is 807. The van der Waals surface area contributed by atoms with E-state index in [0.29, 0.717) is 17.1 Å². The number of ether oxygens (including phenoxy) is 2. The molecule has 5 nitrogen and oxygen atoms in total. The van der Waals surface area contributed by atoms with Crippen molar-refractivity contribution in [1.29, 1.82) is 0 Å². The fourth-order valence-electron chi connectivity index (χ4n) is 2.70. The zero-order valence-electron chi connectivity index (χ0n) is 16.1. The minimum atomic E-state index is -4.38. The first-order valence-electron chi connectivity index (χ1n) is 8.55. The third kappa shape index (κ3) is 5.31. The van der Waals surface area contributed by atoms with Gasteiger partial charge in [-0.05, 0) is 42.8 Å². The fourth-order valence-corrected chi connectivity index (χ4v) is 2.70. The van der Waals surface area contributed by atoms with E-state index in [4.69, 9.17) is 9.47 Å². The van der Waals surface area contributed by atoms with Crippen molar-refractivity contribution in [2.45, 2.75) is 25.7 Å². The summed E-state index contributed by atoms with van der Waals surface area (Å²) in [6.45, 7) is 1.98. The molecule has 0 aliphatic carbocycles. The average Bonchev–Trinajstić information content (AvgIpc) is 2.66. The van der Waals surface area contributed by atoms with Crippen molar-refractivity contribution in [1.82, 2.24) is 10.2 Å². The molecular weight excluding hydrogens is 373 g/mol. The Labute approximate surface area is 162 Å². The van der Waals surface area contributed by atoms with Gasteiger partial charge in [-0.2, -0.15) is 13.2 Å². The second-order valence-electron chi connectivity index (χ2n) is 6.33. The van der Waals surface area contributed by atoms with E-state index < -0.39 is 11.7 Å². The van der Waals surface area contributed by atoms with Gasteiger partial charge in [0.25, 0.3) is 0 Å². The SMILES string of the molecule is COc1ccc(OC)c(C(C)NC(=O)N(C)Cc2ccc(C(F)(F)F)cc2)c1. The zero-order valence-corrected chi connectivity index (χ0v) is 16.1. The van der Waals surface area contributed by atoms with E-state index in [0.717, 1.165) is 17.7 Å². The van der Waals surface area contributed by atoms with E-state index in [1.807, 2.05) is 0 Å². The molecule has 0 saturated carbocycles. The molecule has 0 aliphatic rings. The predicted molar refractivity (Wildman–Crippen MR) is 99.4 cm³/mol. The molecule has 2 aromatic carbocycles. The highest BCUT2D eigenvalue weighted by Gasteiger charge is 2.30. The summed E-state index contributed by atoms with van der Waals surface area (Å²) < 4.78 is 48.5. The molecule has 152 valence electrons. The highest BCUT2D eigenvalue weighted by atomic mass is 19.4. The summed E-state index contributed by atoms with van der Waals surface area (Å²) in [7, 11) is 4.66. The lowest BCUT2D eigenvalue weighted by molar-refractivity contribution is -0.137. The van der Waals surface area contributed by atoms with Crippen molar-refractivity contribution in [3.8, 4) is 11.5 Å². The summed E-state index contributed by atoms with van der Waals surface area (Å²) in [5.74, 6) is 1.24. The molecule has 0 aromatic heterocycles. The predicted octanol–water partition coefficient (Wildman–Crippen LogP) is 4.63. The first-order valence-corrected chi connectivity index (χ1v) is 8.55. The van der Waals surface area contributed by atoms with Gasteiger partial charge in [0.2, 0.25) is 0 Å². The highest BCUT2D eigenvalue weighted by Crippen LogP contribution is 2.30. The summed E-state index contributed by atoms with van der Waals surface area (Å²) in [4.78, 5) is 13.9. The first kappa shape index (κ1) is 21.4. The molecule has 0 fully saturated rings. The van der Waals surface area contributed by atoms with E-state index in [2.05, 4.69) is 5.32 Å². The number of benzene rings is 2. The summed E-state index contributed by atoms with van der Waals surface area (Å²) >= 11 is 0. The van der Waals surface area contributed by atoms with Gasteiger partial charge in [-0.1, -0.05) is 12.1 Å². The second-order valence-corrected chi connectivity index (χ2v) is 6.33.